The summed E-state index contributed by atoms with van der Waals surface area (Å²) in [5, 5.41) is 13.9. The summed E-state index contributed by atoms with van der Waals surface area (Å²) < 4.78 is 12.7. The predicted octanol–water partition coefficient (Wildman–Crippen LogP) is 3.15. The molecule has 0 spiro atoms. The van der Waals surface area contributed by atoms with Crippen molar-refractivity contribution in [2.75, 3.05) is 12.4 Å². The Morgan fingerprint density at radius 3 is 2.52 bits per heavy atom. The van der Waals surface area contributed by atoms with Gasteiger partial charge in [-0.25, -0.2) is 14.3 Å². The number of ether oxygens (including phenoxy) is 2. The number of anilines is 1. The van der Waals surface area contributed by atoms with E-state index in [4.69, 9.17) is 9.47 Å². The van der Waals surface area contributed by atoms with Crippen molar-refractivity contribution in [2.24, 2.45) is 7.05 Å². The number of hydrogen-bond donors (Lipinski definition) is 2. The van der Waals surface area contributed by atoms with Crippen LogP contribution in [0.5, 0.6) is 0 Å². The number of amides is 2. The minimum Gasteiger partial charge on any atom is -0.464 e. The van der Waals surface area contributed by atoms with Crippen LogP contribution >= 0.6 is 0 Å². The molecule has 218 valence electrons. The first-order chi connectivity index (χ1) is 19.9. The minimum absolute atomic E-state index is 0.0174. The van der Waals surface area contributed by atoms with Crippen LogP contribution < -0.4 is 16.2 Å². The zero-order chi connectivity index (χ0) is 30.4. The lowest BCUT2D eigenvalue weighted by Crippen LogP contribution is -2.32. The monoisotopic (exact) mass is 573 g/mol. The van der Waals surface area contributed by atoms with Crippen molar-refractivity contribution in [3.8, 4) is 11.3 Å². The molecule has 0 saturated heterocycles. The van der Waals surface area contributed by atoms with E-state index in [2.05, 4.69) is 25.8 Å². The number of alkyl carbamates (subject to hydrolysis) is 1. The second kappa shape index (κ2) is 12.5. The van der Waals surface area contributed by atoms with E-state index in [0.717, 1.165) is 5.56 Å². The second-order valence-electron chi connectivity index (χ2n) is 10.4. The number of methoxy groups -OCH3 is 1. The first kappa shape index (κ1) is 29.6. The van der Waals surface area contributed by atoms with E-state index >= 15 is 0 Å². The normalized spacial score (nSPS) is 11.1. The van der Waals surface area contributed by atoms with Crippen LogP contribution in [-0.4, -0.2) is 55.2 Å². The highest BCUT2D eigenvalue weighted by Crippen LogP contribution is 2.18. The van der Waals surface area contributed by atoms with Crippen molar-refractivity contribution < 1.29 is 23.9 Å². The number of hydrogen-bond acceptors (Lipinski definition) is 9. The summed E-state index contributed by atoms with van der Waals surface area (Å²) in [5.41, 5.74) is 2.09. The fourth-order valence-corrected chi connectivity index (χ4v) is 3.93. The summed E-state index contributed by atoms with van der Waals surface area (Å²) in [7, 11) is 2.85. The molecule has 0 aliphatic carbocycles. The van der Waals surface area contributed by atoms with Crippen LogP contribution in [0.3, 0.4) is 0 Å². The molecule has 1 aromatic carbocycles. The number of aromatic nitrogens is 5. The lowest BCUT2D eigenvalue weighted by atomic mass is 10.1. The van der Waals surface area contributed by atoms with Crippen molar-refractivity contribution >= 4 is 23.7 Å². The van der Waals surface area contributed by atoms with Crippen LogP contribution in [0, 0.1) is 0 Å². The summed E-state index contributed by atoms with van der Waals surface area (Å²) in [5.74, 6) is -1.14. The smallest absolute Gasteiger partial charge is 0.407 e. The first-order valence-corrected chi connectivity index (χ1v) is 12.9. The number of pyridine rings is 1. The van der Waals surface area contributed by atoms with Gasteiger partial charge in [0.25, 0.3) is 11.5 Å². The van der Waals surface area contributed by atoms with Gasteiger partial charge >= 0.3 is 12.1 Å². The van der Waals surface area contributed by atoms with Gasteiger partial charge in [0.15, 0.2) is 5.69 Å². The van der Waals surface area contributed by atoms with Gasteiger partial charge in [-0.15, -0.1) is 0 Å². The second-order valence-corrected chi connectivity index (χ2v) is 10.4. The summed E-state index contributed by atoms with van der Waals surface area (Å²) in [6, 6.07) is 11.5. The Balaban J connectivity index is 1.49. The number of aryl methyl sites for hydroxylation is 1. The molecule has 0 saturated carbocycles. The molecule has 0 unspecified atom stereocenters. The van der Waals surface area contributed by atoms with Gasteiger partial charge in [0.1, 0.15) is 5.60 Å². The Morgan fingerprint density at radius 1 is 1.00 bits per heavy atom. The third kappa shape index (κ3) is 7.65. The maximum atomic E-state index is 13.0. The highest BCUT2D eigenvalue weighted by atomic mass is 16.6. The Morgan fingerprint density at radius 2 is 1.79 bits per heavy atom. The molecule has 3 aromatic heterocycles. The summed E-state index contributed by atoms with van der Waals surface area (Å²) in [6.45, 7) is 5.65. The standard InChI is InChI=1S/C29H31N7O6/c1-29(2,3)42-28(40)31-14-19-12-21(15-30-13-19)22-9-10-24(37)36(33-22)16-18-7-6-8-20(11-18)26(38)32-23-17-35(4)34-25(23)27(39)41-5/h6-13,15,17H,14,16H2,1-5H3,(H,31,40)(H,32,38). The van der Waals surface area contributed by atoms with Gasteiger partial charge in [-0.1, -0.05) is 12.1 Å². The Kier molecular flexibility index (Phi) is 8.79. The third-order valence-corrected chi connectivity index (χ3v) is 5.77. The Hall–Kier alpha value is -5.33. The van der Waals surface area contributed by atoms with Gasteiger partial charge in [0, 0.05) is 49.4 Å². The molecule has 4 aromatic rings. The molecule has 42 heavy (non-hydrogen) atoms. The fraction of sp³-hybridized carbons (Fsp3) is 0.276. The van der Waals surface area contributed by atoms with Crippen molar-refractivity contribution in [1.29, 1.82) is 0 Å². The van der Waals surface area contributed by atoms with E-state index in [9.17, 15) is 19.2 Å². The lowest BCUT2D eigenvalue weighted by molar-refractivity contribution is 0.0522. The first-order valence-electron chi connectivity index (χ1n) is 12.9. The van der Waals surface area contributed by atoms with Gasteiger partial charge in [-0.05, 0) is 56.2 Å². The number of nitrogens with zero attached hydrogens (tertiary/aromatic N) is 5. The molecular weight excluding hydrogens is 542 g/mol. The Labute approximate surface area is 241 Å². The SMILES string of the molecule is COC(=O)c1nn(C)cc1NC(=O)c1cccc(Cn2nc(-c3cncc(CNC(=O)OC(C)(C)C)c3)ccc2=O)c1. The van der Waals surface area contributed by atoms with E-state index in [-0.39, 0.29) is 30.0 Å². The molecule has 2 amide bonds. The molecule has 13 heteroatoms. The molecule has 0 bridgehead atoms. The molecule has 0 radical (unpaired) electrons. The van der Waals surface area contributed by atoms with Crippen LogP contribution in [0.15, 0.2) is 65.8 Å². The Bertz CT molecular complexity index is 1690. The van der Waals surface area contributed by atoms with Gasteiger partial charge in [-0.2, -0.15) is 10.2 Å². The minimum atomic E-state index is -0.676. The molecule has 2 N–H and O–H groups in total. The van der Waals surface area contributed by atoms with E-state index in [1.54, 1.807) is 70.5 Å². The largest absolute Gasteiger partial charge is 0.464 e. The fourth-order valence-electron chi connectivity index (χ4n) is 3.93. The van der Waals surface area contributed by atoms with Gasteiger partial charge in [0.2, 0.25) is 0 Å². The van der Waals surface area contributed by atoms with E-state index in [1.165, 1.54) is 28.7 Å². The number of carbonyl (C=O) groups excluding carboxylic acids is 3. The van der Waals surface area contributed by atoms with Crippen LogP contribution in [-0.2, 0) is 29.6 Å². The molecule has 0 aliphatic heterocycles. The molecule has 0 aliphatic rings. The molecule has 0 atom stereocenters. The molecule has 0 fully saturated rings. The van der Waals surface area contributed by atoms with E-state index < -0.39 is 23.6 Å². The molecule has 4 rings (SSSR count). The van der Waals surface area contributed by atoms with Crippen molar-refractivity contribution in [3.63, 3.8) is 0 Å². The average Bonchev–Trinajstić information content (AvgIpc) is 3.31. The topological polar surface area (TPSA) is 159 Å². The van der Waals surface area contributed by atoms with Crippen LogP contribution in [0.25, 0.3) is 11.3 Å². The highest BCUT2D eigenvalue weighted by Gasteiger charge is 2.19. The number of benzene rings is 1. The van der Waals surface area contributed by atoms with E-state index in [1.807, 2.05) is 6.07 Å². The zero-order valence-electron chi connectivity index (χ0n) is 23.9. The highest BCUT2D eigenvalue weighted by molar-refractivity contribution is 6.07. The van der Waals surface area contributed by atoms with Gasteiger partial charge in [0.05, 0.1) is 25.0 Å². The maximum Gasteiger partial charge on any atom is 0.407 e. The quantitative estimate of drug-likeness (QED) is 0.302. The maximum absolute atomic E-state index is 13.0. The van der Waals surface area contributed by atoms with Crippen LogP contribution in [0.4, 0.5) is 10.5 Å². The predicted molar refractivity (Wildman–Crippen MR) is 153 cm³/mol. The lowest BCUT2D eigenvalue weighted by Gasteiger charge is -2.19. The van der Waals surface area contributed by atoms with Crippen molar-refractivity contribution in [2.45, 2.75) is 39.5 Å². The number of rotatable bonds is 8. The van der Waals surface area contributed by atoms with Gasteiger partial charge < -0.3 is 20.1 Å². The number of esters is 1. The zero-order valence-corrected chi connectivity index (χ0v) is 23.9. The van der Waals surface area contributed by atoms with E-state index in [0.29, 0.717) is 22.4 Å². The molecular formula is C29H31N7O6. The summed E-state index contributed by atoms with van der Waals surface area (Å²) >= 11 is 0. The number of nitrogens with one attached hydrogen (secondary N) is 2. The van der Waals surface area contributed by atoms with Gasteiger partial charge in [-0.3, -0.25) is 19.3 Å². The third-order valence-electron chi connectivity index (χ3n) is 5.77. The van der Waals surface area contributed by atoms with Crippen LogP contribution in [0.1, 0.15) is 52.7 Å². The van der Waals surface area contributed by atoms with Crippen molar-refractivity contribution in [3.05, 3.63) is 93.8 Å². The summed E-state index contributed by atoms with van der Waals surface area (Å²) in [4.78, 5) is 53.9. The van der Waals surface area contributed by atoms with Crippen molar-refractivity contribution in [1.82, 2.24) is 29.9 Å². The molecule has 13 nitrogen and oxygen atoms in total. The number of carbonyl (C=O) groups is 3. The average molecular weight is 574 g/mol. The molecule has 3 heterocycles. The van der Waals surface area contributed by atoms with Crippen LogP contribution in [0.2, 0.25) is 0 Å². The summed E-state index contributed by atoms with van der Waals surface area (Å²) in [6.07, 6.45) is 4.19.